The van der Waals surface area contributed by atoms with Crippen LogP contribution >= 0.6 is 0 Å². The lowest BCUT2D eigenvalue weighted by molar-refractivity contribution is -0.158. The van der Waals surface area contributed by atoms with Crippen molar-refractivity contribution in [2.75, 3.05) is 19.6 Å². The summed E-state index contributed by atoms with van der Waals surface area (Å²) in [5, 5.41) is 0. The van der Waals surface area contributed by atoms with Gasteiger partial charge in [-0.05, 0) is 46.5 Å². The van der Waals surface area contributed by atoms with Crippen LogP contribution in [0.25, 0.3) is 0 Å². The zero-order valence-corrected chi connectivity index (χ0v) is 14.0. The van der Waals surface area contributed by atoms with E-state index in [9.17, 15) is 13.2 Å². The van der Waals surface area contributed by atoms with Crippen LogP contribution in [0, 0.1) is 0 Å². The number of nitrogens with zero attached hydrogens (tertiary/aromatic N) is 2. The number of carbonyl (C=O) groups excluding carboxylic acids is 1. The van der Waals surface area contributed by atoms with Crippen LogP contribution in [0.3, 0.4) is 0 Å². The van der Waals surface area contributed by atoms with Gasteiger partial charge < -0.3 is 4.74 Å². The van der Waals surface area contributed by atoms with Crippen molar-refractivity contribution in [3.63, 3.8) is 0 Å². The molecule has 2 heterocycles. The molecular weight excluding hydrogens is 292 g/mol. The third-order valence-corrected chi connectivity index (χ3v) is 5.87. The molecule has 2 rings (SSSR count). The van der Waals surface area contributed by atoms with E-state index in [2.05, 4.69) is 0 Å². The van der Waals surface area contributed by atoms with E-state index in [1.807, 2.05) is 0 Å². The van der Waals surface area contributed by atoms with E-state index >= 15 is 0 Å². The number of carbonyl (C=O) groups is 1. The molecule has 2 aliphatic heterocycles. The van der Waals surface area contributed by atoms with Gasteiger partial charge in [0.1, 0.15) is 11.6 Å². The lowest BCUT2D eigenvalue weighted by atomic mass is 10.2. The summed E-state index contributed by atoms with van der Waals surface area (Å²) in [6.45, 7) is 6.90. The highest BCUT2D eigenvalue weighted by molar-refractivity contribution is 7.86. The van der Waals surface area contributed by atoms with Crippen molar-refractivity contribution in [1.29, 1.82) is 0 Å². The minimum atomic E-state index is -3.55. The average molecular weight is 318 g/mol. The summed E-state index contributed by atoms with van der Waals surface area (Å²) >= 11 is 0. The van der Waals surface area contributed by atoms with E-state index in [0.717, 1.165) is 19.3 Å². The Kier molecular flexibility index (Phi) is 4.95. The Morgan fingerprint density at radius 1 is 1.05 bits per heavy atom. The van der Waals surface area contributed by atoms with Gasteiger partial charge in [-0.3, -0.25) is 4.79 Å². The number of piperidine rings is 1. The predicted octanol–water partition coefficient (Wildman–Crippen LogP) is 1.52. The van der Waals surface area contributed by atoms with Gasteiger partial charge in [-0.2, -0.15) is 17.0 Å². The fraction of sp³-hybridized carbons (Fsp3) is 0.929. The van der Waals surface area contributed by atoms with Gasteiger partial charge in [0.15, 0.2) is 0 Å². The lowest BCUT2D eigenvalue weighted by Gasteiger charge is -2.33. The molecule has 0 spiro atoms. The first-order chi connectivity index (χ1) is 9.72. The Morgan fingerprint density at radius 2 is 1.67 bits per heavy atom. The summed E-state index contributed by atoms with van der Waals surface area (Å²) < 4.78 is 33.6. The molecular formula is C14H26N2O4S. The molecule has 2 saturated heterocycles. The van der Waals surface area contributed by atoms with Gasteiger partial charge in [0.25, 0.3) is 10.2 Å². The molecule has 0 radical (unpaired) electrons. The zero-order valence-electron chi connectivity index (χ0n) is 13.2. The zero-order chi connectivity index (χ0) is 15.7. The Morgan fingerprint density at radius 3 is 2.24 bits per heavy atom. The molecule has 2 aliphatic rings. The van der Waals surface area contributed by atoms with Crippen LogP contribution in [0.2, 0.25) is 0 Å². The van der Waals surface area contributed by atoms with E-state index in [4.69, 9.17) is 4.74 Å². The van der Waals surface area contributed by atoms with Gasteiger partial charge in [-0.25, -0.2) is 0 Å². The summed E-state index contributed by atoms with van der Waals surface area (Å²) in [6, 6.07) is -0.670. The molecule has 0 N–H and O–H groups in total. The maximum absolute atomic E-state index is 12.7. The van der Waals surface area contributed by atoms with Crippen molar-refractivity contribution in [2.24, 2.45) is 0 Å². The first-order valence-electron chi connectivity index (χ1n) is 7.71. The Bertz CT molecular complexity index is 478. The highest BCUT2D eigenvalue weighted by Crippen LogP contribution is 2.27. The second kappa shape index (κ2) is 6.22. The molecule has 6 nitrogen and oxygen atoms in total. The van der Waals surface area contributed by atoms with E-state index in [0.29, 0.717) is 32.5 Å². The highest BCUT2D eigenvalue weighted by atomic mass is 32.2. The molecule has 0 unspecified atom stereocenters. The van der Waals surface area contributed by atoms with Gasteiger partial charge in [0.2, 0.25) is 0 Å². The molecule has 0 bridgehead atoms. The fourth-order valence-corrected chi connectivity index (χ4v) is 4.75. The predicted molar refractivity (Wildman–Crippen MR) is 79.9 cm³/mol. The van der Waals surface area contributed by atoms with Crippen molar-refractivity contribution >= 4 is 16.2 Å². The number of ether oxygens (including phenoxy) is 1. The van der Waals surface area contributed by atoms with Crippen LogP contribution in [0.1, 0.15) is 52.9 Å². The van der Waals surface area contributed by atoms with E-state index < -0.39 is 27.8 Å². The monoisotopic (exact) mass is 318 g/mol. The fourth-order valence-electron chi connectivity index (χ4n) is 2.87. The van der Waals surface area contributed by atoms with Crippen LogP contribution in [-0.4, -0.2) is 54.3 Å². The summed E-state index contributed by atoms with van der Waals surface area (Å²) in [5.74, 6) is -0.430. The SMILES string of the molecule is CC(C)(C)OC(=O)[C@H]1CCCN1S(=O)(=O)N1CCCCC1. The van der Waals surface area contributed by atoms with E-state index in [1.54, 1.807) is 20.8 Å². The molecule has 0 aromatic rings. The van der Waals surface area contributed by atoms with Gasteiger partial charge in [-0.15, -0.1) is 0 Å². The van der Waals surface area contributed by atoms with Gasteiger partial charge in [0, 0.05) is 19.6 Å². The molecule has 0 aliphatic carbocycles. The van der Waals surface area contributed by atoms with Crippen molar-refractivity contribution in [1.82, 2.24) is 8.61 Å². The van der Waals surface area contributed by atoms with Crippen LogP contribution < -0.4 is 0 Å². The van der Waals surface area contributed by atoms with Crippen LogP contribution in [0.15, 0.2) is 0 Å². The largest absolute Gasteiger partial charge is 0.459 e. The summed E-state index contributed by atoms with van der Waals surface area (Å²) in [7, 11) is -3.55. The smallest absolute Gasteiger partial charge is 0.325 e. The Labute approximate surface area is 127 Å². The van der Waals surface area contributed by atoms with Crippen molar-refractivity contribution < 1.29 is 17.9 Å². The van der Waals surface area contributed by atoms with E-state index in [1.165, 1.54) is 8.61 Å². The number of hydrogen-bond acceptors (Lipinski definition) is 4. The topological polar surface area (TPSA) is 66.9 Å². The molecule has 0 aromatic heterocycles. The van der Waals surface area contributed by atoms with Crippen molar-refractivity contribution in [3.05, 3.63) is 0 Å². The quantitative estimate of drug-likeness (QED) is 0.740. The third-order valence-electron chi connectivity index (χ3n) is 3.82. The molecule has 0 saturated carbocycles. The minimum absolute atomic E-state index is 0.405. The average Bonchev–Trinajstić information content (AvgIpc) is 2.88. The van der Waals surface area contributed by atoms with Gasteiger partial charge >= 0.3 is 5.97 Å². The number of rotatable bonds is 3. The normalized spacial score (nSPS) is 26.0. The van der Waals surface area contributed by atoms with Gasteiger partial charge in [-0.1, -0.05) is 6.42 Å². The second-order valence-corrected chi connectivity index (χ2v) is 8.65. The van der Waals surface area contributed by atoms with E-state index in [-0.39, 0.29) is 0 Å². The third kappa shape index (κ3) is 3.96. The van der Waals surface area contributed by atoms with Crippen molar-refractivity contribution in [2.45, 2.75) is 64.5 Å². The molecule has 21 heavy (non-hydrogen) atoms. The molecule has 0 amide bonds. The molecule has 0 aromatic carbocycles. The van der Waals surface area contributed by atoms with Crippen LogP contribution in [0.5, 0.6) is 0 Å². The summed E-state index contributed by atoms with van der Waals surface area (Å²) in [4.78, 5) is 12.3. The summed E-state index contributed by atoms with van der Waals surface area (Å²) in [5.41, 5.74) is -0.597. The molecule has 7 heteroatoms. The molecule has 122 valence electrons. The second-order valence-electron chi connectivity index (χ2n) is 6.77. The highest BCUT2D eigenvalue weighted by Gasteiger charge is 2.43. The van der Waals surface area contributed by atoms with Crippen LogP contribution in [-0.2, 0) is 19.7 Å². The Hall–Kier alpha value is -0.660. The maximum Gasteiger partial charge on any atom is 0.325 e. The standard InChI is InChI=1S/C14H26N2O4S/c1-14(2,3)20-13(17)12-8-7-11-16(12)21(18,19)15-9-5-4-6-10-15/h12H,4-11H2,1-3H3/t12-/m1/s1. The maximum atomic E-state index is 12.7. The van der Waals surface area contributed by atoms with Crippen LogP contribution in [0.4, 0.5) is 0 Å². The first kappa shape index (κ1) is 16.7. The summed E-state index contributed by atoms with van der Waals surface area (Å²) in [6.07, 6.45) is 4.11. The first-order valence-corrected chi connectivity index (χ1v) is 9.11. The van der Waals surface area contributed by atoms with Crippen molar-refractivity contribution in [3.8, 4) is 0 Å². The molecule has 2 fully saturated rings. The van der Waals surface area contributed by atoms with Gasteiger partial charge in [0.05, 0.1) is 0 Å². The number of esters is 1. The Balaban J connectivity index is 2.12. The lowest BCUT2D eigenvalue weighted by Crippen LogP contribution is -2.50. The molecule has 1 atom stereocenters. The number of hydrogen-bond donors (Lipinski definition) is 0. The minimum Gasteiger partial charge on any atom is -0.459 e.